The zero-order valence-corrected chi connectivity index (χ0v) is 20.3. The van der Waals surface area contributed by atoms with Crippen molar-refractivity contribution in [2.75, 3.05) is 12.4 Å². The summed E-state index contributed by atoms with van der Waals surface area (Å²) >= 11 is 0. The second-order valence-electron chi connectivity index (χ2n) is 7.22. The van der Waals surface area contributed by atoms with Crippen LogP contribution in [0.15, 0.2) is 43.0 Å². The number of anilines is 1. The Hall–Kier alpha value is -2.46. The first-order valence-corrected chi connectivity index (χ1v) is 11.2. The van der Waals surface area contributed by atoms with Crippen molar-refractivity contribution < 1.29 is 17.1 Å². The highest BCUT2D eigenvalue weighted by atomic mass is 19.1. The number of aliphatic hydroxyl groups excluding tert-OH is 1. The van der Waals surface area contributed by atoms with Crippen LogP contribution in [0.5, 0.6) is 0 Å². The summed E-state index contributed by atoms with van der Waals surface area (Å²) in [5, 5.41) is 10.5. The molecule has 1 aliphatic carbocycles. The van der Waals surface area contributed by atoms with E-state index in [0.29, 0.717) is 17.2 Å². The molecule has 0 atom stereocenters. The second-order valence-corrected chi connectivity index (χ2v) is 7.22. The lowest BCUT2D eigenvalue weighted by atomic mass is 9.90. The van der Waals surface area contributed by atoms with Crippen molar-refractivity contribution in [1.29, 1.82) is 0 Å². The summed E-state index contributed by atoms with van der Waals surface area (Å²) < 4.78 is 14.3. The zero-order valence-electron chi connectivity index (χ0n) is 20.3. The van der Waals surface area contributed by atoms with Gasteiger partial charge in [-0.05, 0) is 56.4 Å². The maximum atomic E-state index is 14.3. The quantitative estimate of drug-likeness (QED) is 0.373. The van der Waals surface area contributed by atoms with Gasteiger partial charge in [0, 0.05) is 32.8 Å². The van der Waals surface area contributed by atoms with Gasteiger partial charge in [-0.3, -0.25) is 4.79 Å². The summed E-state index contributed by atoms with van der Waals surface area (Å²) in [7, 11) is 1.00. The molecule has 1 fully saturated rings. The normalized spacial score (nSPS) is 11.9. The summed E-state index contributed by atoms with van der Waals surface area (Å²) in [4.78, 5) is 12.8. The molecule has 3 rings (SSSR count). The molecule has 3 nitrogen and oxygen atoms in total. The first kappa shape index (κ1) is 28.5. The van der Waals surface area contributed by atoms with Gasteiger partial charge in [0.05, 0.1) is 5.56 Å². The summed E-state index contributed by atoms with van der Waals surface area (Å²) in [6.07, 6.45) is 4.76. The Balaban J connectivity index is -0.000000906. The molecular formula is C27H44FNO2. The van der Waals surface area contributed by atoms with E-state index in [1.165, 1.54) is 18.9 Å². The van der Waals surface area contributed by atoms with Crippen molar-refractivity contribution in [2.24, 2.45) is 0 Å². The number of hydrogen-bond acceptors (Lipinski definition) is 3. The molecule has 2 aromatic carbocycles. The van der Waals surface area contributed by atoms with Gasteiger partial charge in [-0.25, -0.2) is 4.39 Å². The van der Waals surface area contributed by atoms with Crippen LogP contribution < -0.4 is 5.32 Å². The number of benzene rings is 2. The molecule has 2 N–H and O–H groups in total. The summed E-state index contributed by atoms with van der Waals surface area (Å²) in [5.41, 5.74) is 3.54. The number of nitrogens with one attached hydrogen (secondary N) is 1. The Bertz CT molecular complexity index is 837. The van der Waals surface area contributed by atoms with Gasteiger partial charge in [0.15, 0.2) is 5.78 Å². The Labute approximate surface area is 191 Å². The highest BCUT2D eigenvalue weighted by molar-refractivity contribution is 6.29. The molecule has 2 aromatic rings. The second kappa shape index (κ2) is 15.4. The van der Waals surface area contributed by atoms with E-state index in [1.807, 2.05) is 39.0 Å². The number of rotatable bonds is 5. The third-order valence-electron chi connectivity index (χ3n) is 4.75. The number of allylic oxidation sites excluding steroid dienone is 1. The van der Waals surface area contributed by atoms with Crippen LogP contribution in [0.3, 0.4) is 0 Å². The average molecular weight is 434 g/mol. The van der Waals surface area contributed by atoms with Crippen molar-refractivity contribution in [3.05, 3.63) is 71.0 Å². The smallest absolute Gasteiger partial charge is 0.196 e. The van der Waals surface area contributed by atoms with E-state index in [9.17, 15) is 9.18 Å². The van der Waals surface area contributed by atoms with Crippen molar-refractivity contribution >= 4 is 17.0 Å². The monoisotopic (exact) mass is 433 g/mol. The minimum atomic E-state index is -0.467. The number of aliphatic hydroxyl groups is 1. The molecule has 0 amide bonds. The molecule has 1 saturated carbocycles. The molecule has 31 heavy (non-hydrogen) atoms. The molecule has 0 bridgehead atoms. The van der Waals surface area contributed by atoms with E-state index in [2.05, 4.69) is 25.7 Å². The number of Topliss-reactive ketones (excluding diaryl/α,β-unsaturated/α-hetero) is 1. The maximum Gasteiger partial charge on any atom is 0.196 e. The number of ketones is 1. The molecule has 0 aromatic heterocycles. The van der Waals surface area contributed by atoms with Crippen molar-refractivity contribution in [3.63, 3.8) is 0 Å². The van der Waals surface area contributed by atoms with Crippen LogP contribution in [0.4, 0.5) is 10.1 Å². The van der Waals surface area contributed by atoms with Gasteiger partial charge in [0.25, 0.3) is 0 Å². The predicted octanol–water partition coefficient (Wildman–Crippen LogP) is 7.85. The maximum absolute atomic E-state index is 14.3. The van der Waals surface area contributed by atoms with E-state index < -0.39 is 5.82 Å². The highest BCUT2D eigenvalue weighted by Gasteiger charge is 2.23. The van der Waals surface area contributed by atoms with Crippen LogP contribution in [-0.4, -0.2) is 24.0 Å². The standard InChI is InChI=1S/C21H22FNO.C3H8.C2H6.CH4O.2H2/c1-13-7-5-12-18(23-16-9-6-10-16)19(13)15(3)21(24)17-11-4-8-14(2)20(17)22;1-3-2;2*1-2;;/h4-5,7-8,11-12,16,23H,3,6,9-10H2,1-2H3;3H2,1-2H3;1-2H3;2H,1H3;2*1H. The molecule has 0 radical (unpaired) electrons. The van der Waals surface area contributed by atoms with E-state index in [-0.39, 0.29) is 14.2 Å². The lowest BCUT2D eigenvalue weighted by molar-refractivity contribution is 0.105. The summed E-state index contributed by atoms with van der Waals surface area (Å²) in [5.74, 6) is -0.826. The van der Waals surface area contributed by atoms with Gasteiger partial charge >= 0.3 is 0 Å². The van der Waals surface area contributed by atoms with Crippen LogP contribution in [0.1, 0.15) is 83.3 Å². The number of aryl methyl sites for hydroxylation is 2. The van der Waals surface area contributed by atoms with Crippen molar-refractivity contribution in [1.82, 2.24) is 0 Å². The largest absolute Gasteiger partial charge is 0.400 e. The third-order valence-corrected chi connectivity index (χ3v) is 4.75. The lowest BCUT2D eigenvalue weighted by Crippen LogP contribution is -2.27. The topological polar surface area (TPSA) is 49.3 Å². The minimum absolute atomic E-state index is 0. The molecule has 1 aliphatic rings. The van der Waals surface area contributed by atoms with Gasteiger partial charge < -0.3 is 10.4 Å². The van der Waals surface area contributed by atoms with Crippen LogP contribution >= 0.6 is 0 Å². The molecule has 0 saturated heterocycles. The number of halogens is 1. The van der Waals surface area contributed by atoms with Crippen molar-refractivity contribution in [2.45, 2.75) is 73.3 Å². The van der Waals surface area contributed by atoms with E-state index in [0.717, 1.165) is 36.8 Å². The first-order valence-electron chi connectivity index (χ1n) is 11.2. The summed E-state index contributed by atoms with van der Waals surface area (Å²) in [6.45, 7) is 15.8. The molecule has 0 unspecified atom stereocenters. The zero-order chi connectivity index (χ0) is 24.0. The van der Waals surface area contributed by atoms with E-state index in [4.69, 9.17) is 5.11 Å². The SMILES string of the molecule is C=C(C(=O)c1cccc(C)c1F)c1c(C)cccc1NC1CCC1.CC.CCC.CO.[HH].[HH]. The molecule has 4 heteroatoms. The lowest BCUT2D eigenvalue weighted by Gasteiger charge is -2.29. The first-order chi connectivity index (χ1) is 14.9. The number of carbonyl (C=O) groups is 1. The number of hydrogen-bond donors (Lipinski definition) is 2. The van der Waals surface area contributed by atoms with E-state index >= 15 is 0 Å². The summed E-state index contributed by atoms with van der Waals surface area (Å²) in [6, 6.07) is 11.2. The van der Waals surface area contributed by atoms with Gasteiger partial charge in [0.1, 0.15) is 5.82 Å². The van der Waals surface area contributed by atoms with Gasteiger partial charge in [-0.15, -0.1) is 0 Å². The molecule has 0 spiro atoms. The molecule has 0 heterocycles. The fourth-order valence-corrected chi connectivity index (χ4v) is 3.06. The highest BCUT2D eigenvalue weighted by Crippen LogP contribution is 2.32. The van der Waals surface area contributed by atoms with Gasteiger partial charge in [-0.2, -0.15) is 0 Å². The number of carbonyl (C=O) groups excluding carboxylic acids is 1. The molecular weight excluding hydrogens is 389 g/mol. The Kier molecular flexibility index (Phi) is 14.1. The van der Waals surface area contributed by atoms with Gasteiger partial charge in [0.2, 0.25) is 0 Å². The van der Waals surface area contributed by atoms with Crippen LogP contribution in [0, 0.1) is 19.7 Å². The van der Waals surface area contributed by atoms with Crippen LogP contribution in [-0.2, 0) is 0 Å². The van der Waals surface area contributed by atoms with Crippen LogP contribution in [0.25, 0.3) is 5.57 Å². The fourth-order valence-electron chi connectivity index (χ4n) is 3.06. The minimum Gasteiger partial charge on any atom is -0.400 e. The Morgan fingerprint density at radius 3 is 2.13 bits per heavy atom. The average Bonchev–Trinajstić information content (AvgIpc) is 2.75. The third kappa shape index (κ3) is 7.95. The van der Waals surface area contributed by atoms with Crippen molar-refractivity contribution in [3.8, 4) is 0 Å². The van der Waals surface area contributed by atoms with Crippen LogP contribution in [0.2, 0.25) is 0 Å². The Morgan fingerprint density at radius 2 is 1.61 bits per heavy atom. The molecule has 176 valence electrons. The predicted molar refractivity (Wildman–Crippen MR) is 137 cm³/mol. The van der Waals surface area contributed by atoms with Gasteiger partial charge in [-0.1, -0.05) is 65.0 Å². The Morgan fingerprint density at radius 1 is 1.10 bits per heavy atom. The molecule has 0 aliphatic heterocycles. The fraction of sp³-hybridized carbons (Fsp3) is 0.444. The van der Waals surface area contributed by atoms with E-state index in [1.54, 1.807) is 19.1 Å².